The summed E-state index contributed by atoms with van der Waals surface area (Å²) in [6, 6.07) is 10.1. The summed E-state index contributed by atoms with van der Waals surface area (Å²) in [6.45, 7) is 6.29. The highest BCUT2D eigenvalue weighted by Crippen LogP contribution is 2.39. The van der Waals surface area contributed by atoms with Crippen molar-refractivity contribution in [3.8, 4) is 0 Å². The van der Waals surface area contributed by atoms with E-state index >= 15 is 0 Å². The van der Waals surface area contributed by atoms with Crippen LogP contribution >= 0.6 is 0 Å². The van der Waals surface area contributed by atoms with Crippen molar-refractivity contribution in [1.82, 2.24) is 0 Å². The molecule has 0 saturated heterocycles. The van der Waals surface area contributed by atoms with Crippen LogP contribution < -0.4 is 0 Å². The van der Waals surface area contributed by atoms with Crippen LogP contribution in [0.3, 0.4) is 0 Å². The highest BCUT2D eigenvalue weighted by Gasteiger charge is 2.43. The Morgan fingerprint density at radius 3 is 2.62 bits per heavy atom. The third-order valence-corrected chi connectivity index (χ3v) is 3.25. The smallest absolute Gasteiger partial charge is 0.0900 e. The van der Waals surface area contributed by atoms with Crippen molar-refractivity contribution < 1.29 is 9.84 Å². The largest absolute Gasteiger partial charge is 0.385 e. The Morgan fingerprint density at radius 2 is 2.06 bits per heavy atom. The van der Waals surface area contributed by atoms with E-state index in [1.54, 1.807) is 0 Å². The van der Waals surface area contributed by atoms with Crippen LogP contribution in [-0.4, -0.2) is 16.8 Å². The molecule has 1 N–H and O–H groups in total. The normalized spacial score (nSPS) is 28.5. The summed E-state index contributed by atoms with van der Waals surface area (Å²) < 4.78 is 5.71. The van der Waals surface area contributed by atoms with E-state index in [0.29, 0.717) is 19.4 Å². The minimum Gasteiger partial charge on any atom is -0.385 e. The number of hydrogen-bond acceptors (Lipinski definition) is 2. The Bertz CT molecular complexity index is 364. The zero-order valence-electron chi connectivity index (χ0n) is 9.65. The van der Waals surface area contributed by atoms with Crippen LogP contribution in [0, 0.1) is 0 Å². The third-order valence-electron chi connectivity index (χ3n) is 3.25. The van der Waals surface area contributed by atoms with Crippen molar-refractivity contribution >= 4 is 0 Å². The van der Waals surface area contributed by atoms with Gasteiger partial charge in [-0.15, -0.1) is 0 Å². The van der Waals surface area contributed by atoms with Crippen molar-refractivity contribution in [2.45, 2.75) is 38.1 Å². The summed E-state index contributed by atoms with van der Waals surface area (Å²) in [5.41, 5.74) is 1.33. The first-order chi connectivity index (χ1) is 7.60. The first kappa shape index (κ1) is 11.4. The van der Waals surface area contributed by atoms with Crippen LogP contribution in [0.15, 0.2) is 42.5 Å². The van der Waals surface area contributed by atoms with E-state index in [1.807, 2.05) is 37.3 Å². The Labute approximate surface area is 96.6 Å². The van der Waals surface area contributed by atoms with E-state index in [0.717, 1.165) is 5.57 Å². The minimum absolute atomic E-state index is 0.168. The second kappa shape index (κ2) is 4.40. The molecule has 0 amide bonds. The molecule has 16 heavy (non-hydrogen) atoms. The van der Waals surface area contributed by atoms with Gasteiger partial charge in [0.25, 0.3) is 0 Å². The molecule has 0 atom stereocenters. The average molecular weight is 218 g/mol. The Hall–Kier alpha value is -1.12. The molecular weight excluding hydrogens is 200 g/mol. The lowest BCUT2D eigenvalue weighted by atomic mass is 9.73. The van der Waals surface area contributed by atoms with E-state index in [-0.39, 0.29) is 6.10 Å². The van der Waals surface area contributed by atoms with Crippen LogP contribution in [0.2, 0.25) is 0 Å². The van der Waals surface area contributed by atoms with E-state index in [4.69, 9.17) is 4.74 Å². The summed E-state index contributed by atoms with van der Waals surface area (Å²) in [6.07, 6.45) is 1.52. The monoisotopic (exact) mass is 218 g/mol. The molecule has 0 spiro atoms. The van der Waals surface area contributed by atoms with Gasteiger partial charge in [-0.25, -0.2) is 0 Å². The highest BCUT2D eigenvalue weighted by atomic mass is 16.5. The summed E-state index contributed by atoms with van der Waals surface area (Å²) >= 11 is 0. The first-order valence-corrected chi connectivity index (χ1v) is 5.64. The average Bonchev–Trinajstić information content (AvgIpc) is 2.24. The van der Waals surface area contributed by atoms with Gasteiger partial charge in [-0.05, 0) is 18.1 Å². The van der Waals surface area contributed by atoms with Crippen molar-refractivity contribution in [3.05, 3.63) is 48.0 Å². The molecule has 0 bridgehead atoms. The van der Waals surface area contributed by atoms with Crippen LogP contribution in [-0.2, 0) is 11.3 Å². The third kappa shape index (κ3) is 2.34. The second-order valence-corrected chi connectivity index (χ2v) is 4.64. The number of hydrogen-bond donors (Lipinski definition) is 1. The maximum Gasteiger partial charge on any atom is 0.0900 e. The Balaban J connectivity index is 1.77. The van der Waals surface area contributed by atoms with Gasteiger partial charge in [0.1, 0.15) is 0 Å². The van der Waals surface area contributed by atoms with Crippen LogP contribution in [0.1, 0.15) is 25.3 Å². The van der Waals surface area contributed by atoms with Gasteiger partial charge < -0.3 is 9.84 Å². The standard InChI is InChI=1S/C14H18O2/c1-11(2)14(15)8-13(9-14)16-10-12-6-4-3-5-7-12/h3-7,13,15H,1,8-10H2,2H3. The quantitative estimate of drug-likeness (QED) is 0.787. The molecule has 2 nitrogen and oxygen atoms in total. The number of aliphatic hydroxyl groups is 1. The summed E-state index contributed by atoms with van der Waals surface area (Å²) in [4.78, 5) is 0. The molecule has 1 aliphatic carbocycles. The lowest BCUT2D eigenvalue weighted by Gasteiger charge is -2.43. The van der Waals surface area contributed by atoms with Crippen LogP contribution in [0.25, 0.3) is 0 Å². The Kier molecular flexibility index (Phi) is 3.13. The van der Waals surface area contributed by atoms with Gasteiger partial charge in [0.15, 0.2) is 0 Å². The number of ether oxygens (including phenoxy) is 1. The molecule has 2 heteroatoms. The second-order valence-electron chi connectivity index (χ2n) is 4.64. The molecule has 1 fully saturated rings. The van der Waals surface area contributed by atoms with Crippen molar-refractivity contribution in [2.75, 3.05) is 0 Å². The van der Waals surface area contributed by atoms with Gasteiger partial charge in [-0.1, -0.05) is 36.9 Å². The molecule has 0 aromatic heterocycles. The van der Waals surface area contributed by atoms with Crippen molar-refractivity contribution in [2.24, 2.45) is 0 Å². The van der Waals surface area contributed by atoms with Crippen molar-refractivity contribution in [3.63, 3.8) is 0 Å². The predicted molar refractivity (Wildman–Crippen MR) is 64.0 cm³/mol. The van der Waals surface area contributed by atoms with E-state index < -0.39 is 5.60 Å². The van der Waals surface area contributed by atoms with Gasteiger partial charge in [-0.2, -0.15) is 0 Å². The van der Waals surface area contributed by atoms with Gasteiger partial charge >= 0.3 is 0 Å². The van der Waals surface area contributed by atoms with Gasteiger partial charge in [0.2, 0.25) is 0 Å². The summed E-state index contributed by atoms with van der Waals surface area (Å²) in [7, 11) is 0. The fourth-order valence-corrected chi connectivity index (χ4v) is 1.95. The SMILES string of the molecule is C=C(C)C1(O)CC(OCc2ccccc2)C1. The molecule has 0 radical (unpaired) electrons. The highest BCUT2D eigenvalue weighted by molar-refractivity contribution is 5.17. The number of rotatable bonds is 4. The van der Waals surface area contributed by atoms with Gasteiger partial charge in [-0.3, -0.25) is 0 Å². The Morgan fingerprint density at radius 1 is 1.44 bits per heavy atom. The summed E-state index contributed by atoms with van der Waals surface area (Å²) in [5.74, 6) is 0. The fraction of sp³-hybridized carbons (Fsp3) is 0.429. The fourth-order valence-electron chi connectivity index (χ4n) is 1.95. The molecule has 1 aromatic carbocycles. The lowest BCUT2D eigenvalue weighted by molar-refractivity contribution is -0.123. The lowest BCUT2D eigenvalue weighted by Crippen LogP contribution is -2.48. The van der Waals surface area contributed by atoms with Crippen LogP contribution in [0.4, 0.5) is 0 Å². The molecule has 2 rings (SSSR count). The van der Waals surface area contributed by atoms with Gasteiger partial charge in [0.05, 0.1) is 18.3 Å². The topological polar surface area (TPSA) is 29.5 Å². The van der Waals surface area contributed by atoms with Crippen LogP contribution in [0.5, 0.6) is 0 Å². The molecule has 1 aliphatic rings. The molecular formula is C14H18O2. The van der Waals surface area contributed by atoms with E-state index in [2.05, 4.69) is 6.58 Å². The minimum atomic E-state index is -0.679. The molecule has 1 saturated carbocycles. The first-order valence-electron chi connectivity index (χ1n) is 5.64. The van der Waals surface area contributed by atoms with Gasteiger partial charge in [0, 0.05) is 12.8 Å². The number of benzene rings is 1. The maximum atomic E-state index is 9.98. The molecule has 0 heterocycles. The molecule has 86 valence electrons. The zero-order chi connectivity index (χ0) is 11.6. The molecule has 0 unspecified atom stereocenters. The molecule has 1 aromatic rings. The molecule has 0 aliphatic heterocycles. The van der Waals surface area contributed by atoms with E-state index in [1.165, 1.54) is 5.56 Å². The predicted octanol–water partition coefficient (Wildman–Crippen LogP) is 2.67. The maximum absolute atomic E-state index is 9.98. The van der Waals surface area contributed by atoms with Crippen molar-refractivity contribution in [1.29, 1.82) is 0 Å². The van der Waals surface area contributed by atoms with E-state index in [9.17, 15) is 5.11 Å². The summed E-state index contributed by atoms with van der Waals surface area (Å²) in [5, 5.41) is 9.98. The zero-order valence-corrected chi connectivity index (χ0v) is 9.65.